The van der Waals surface area contributed by atoms with Gasteiger partial charge >= 0.3 is 6.03 Å². The van der Waals surface area contributed by atoms with Gasteiger partial charge in [-0.15, -0.1) is 0 Å². The monoisotopic (exact) mass is 491 g/mol. The lowest BCUT2D eigenvalue weighted by Crippen LogP contribution is -2.46. The van der Waals surface area contributed by atoms with E-state index >= 15 is 0 Å². The number of sulfonamides is 1. The maximum Gasteiger partial charge on any atom is 0.324 e. The highest BCUT2D eigenvalue weighted by Gasteiger charge is 2.43. The number of aromatic nitrogens is 3. The second-order valence-electron chi connectivity index (χ2n) is 8.80. The summed E-state index contributed by atoms with van der Waals surface area (Å²) < 4.78 is 27.2. The van der Waals surface area contributed by atoms with Crippen molar-refractivity contribution in [1.82, 2.24) is 24.6 Å². The van der Waals surface area contributed by atoms with Gasteiger partial charge < -0.3 is 10.6 Å². The third-order valence-corrected chi connectivity index (χ3v) is 9.15. The van der Waals surface area contributed by atoms with Crippen molar-refractivity contribution >= 4 is 38.4 Å². The molecule has 1 aliphatic heterocycles. The highest BCUT2D eigenvalue weighted by Crippen LogP contribution is 2.39. The van der Waals surface area contributed by atoms with Crippen molar-refractivity contribution in [3.8, 4) is 10.6 Å². The van der Waals surface area contributed by atoms with E-state index in [1.807, 2.05) is 13.0 Å². The average Bonchev–Trinajstić information content (AvgIpc) is 3.68. The van der Waals surface area contributed by atoms with Gasteiger partial charge in [0.05, 0.1) is 21.5 Å². The fourth-order valence-corrected chi connectivity index (χ4v) is 6.52. The van der Waals surface area contributed by atoms with Crippen LogP contribution in [0.15, 0.2) is 12.3 Å². The van der Waals surface area contributed by atoms with Gasteiger partial charge in [0.1, 0.15) is 11.9 Å². The van der Waals surface area contributed by atoms with Gasteiger partial charge in [-0.1, -0.05) is 11.3 Å². The van der Waals surface area contributed by atoms with Gasteiger partial charge in [-0.05, 0) is 45.1 Å². The minimum atomic E-state index is -3.45. The van der Waals surface area contributed by atoms with E-state index < -0.39 is 34.0 Å². The van der Waals surface area contributed by atoms with Crippen molar-refractivity contribution in [2.24, 2.45) is 5.73 Å². The molecule has 2 atom stereocenters. The van der Waals surface area contributed by atoms with Crippen molar-refractivity contribution in [3.05, 3.63) is 23.8 Å². The lowest BCUT2D eigenvalue weighted by molar-refractivity contribution is -0.121. The zero-order valence-electron chi connectivity index (χ0n) is 18.0. The summed E-state index contributed by atoms with van der Waals surface area (Å²) in [5, 5.41) is 2.72. The van der Waals surface area contributed by atoms with Gasteiger partial charge in [0.25, 0.3) is 0 Å². The molecule has 2 aliphatic carbocycles. The molecule has 0 bridgehead atoms. The molecule has 1 saturated heterocycles. The van der Waals surface area contributed by atoms with Crippen molar-refractivity contribution < 1.29 is 18.0 Å². The number of primary amides is 1. The Morgan fingerprint density at radius 3 is 2.64 bits per heavy atom. The molecule has 5 rings (SSSR count). The number of nitrogens with two attached hydrogens (primary N) is 1. The zero-order chi connectivity index (χ0) is 23.3. The smallest absolute Gasteiger partial charge is 0.324 e. The number of rotatable bonds is 7. The molecule has 2 aromatic rings. The van der Waals surface area contributed by atoms with Crippen LogP contribution in [0.25, 0.3) is 10.6 Å². The second-order valence-corrected chi connectivity index (χ2v) is 11.8. The van der Waals surface area contributed by atoms with Gasteiger partial charge in [-0.2, -0.15) is 0 Å². The quantitative estimate of drug-likeness (QED) is 0.526. The number of nitrogens with zero attached hydrogens (tertiary/aromatic N) is 4. The highest BCUT2D eigenvalue weighted by atomic mass is 32.2. The molecule has 0 spiro atoms. The van der Waals surface area contributed by atoms with E-state index in [1.54, 1.807) is 6.20 Å². The zero-order valence-corrected chi connectivity index (χ0v) is 19.7. The summed E-state index contributed by atoms with van der Waals surface area (Å²) >= 11 is 1.29. The Kier molecular flexibility index (Phi) is 5.57. The van der Waals surface area contributed by atoms with Crippen LogP contribution in [0.2, 0.25) is 0 Å². The molecule has 0 unspecified atom stereocenters. The summed E-state index contributed by atoms with van der Waals surface area (Å²) in [6.07, 6.45) is 5.33. The standard InChI is InChI=1S/C20H25N7O4S2/c1-10-16(14-6-7-22-18(24-14)11-2-3-11)32-19(23-10)25-20(29)27-9-12(8-15(27)17(21)28)26-33(30,31)13-4-5-13/h6-7,11-13,15,26H,2-5,8-9H2,1H3,(H2,21,28)(H,23,25,29)/t12-,15+/m1/s1. The van der Waals surface area contributed by atoms with E-state index in [0.29, 0.717) is 23.9 Å². The Hall–Kier alpha value is -2.64. The van der Waals surface area contributed by atoms with Crippen LogP contribution in [-0.4, -0.2) is 64.1 Å². The lowest BCUT2D eigenvalue weighted by atomic mass is 10.2. The maximum absolute atomic E-state index is 13.0. The van der Waals surface area contributed by atoms with Crippen LogP contribution in [0.5, 0.6) is 0 Å². The van der Waals surface area contributed by atoms with E-state index in [1.165, 1.54) is 16.2 Å². The third kappa shape index (κ3) is 4.70. The molecule has 3 aliphatic rings. The summed E-state index contributed by atoms with van der Waals surface area (Å²) in [6, 6.07) is -0.193. The number of urea groups is 1. The summed E-state index contributed by atoms with van der Waals surface area (Å²) in [5.41, 5.74) is 6.98. The Labute approximate surface area is 195 Å². The molecule has 4 N–H and O–H groups in total. The fraction of sp³-hybridized carbons (Fsp3) is 0.550. The molecule has 3 fully saturated rings. The van der Waals surface area contributed by atoms with Crippen molar-refractivity contribution in [2.45, 2.75) is 62.3 Å². The predicted molar refractivity (Wildman–Crippen MR) is 122 cm³/mol. The molecule has 11 nitrogen and oxygen atoms in total. The third-order valence-electron chi connectivity index (χ3n) is 6.04. The number of carbonyl (C=O) groups excluding carboxylic acids is 2. The topological polar surface area (TPSA) is 160 Å². The predicted octanol–water partition coefficient (Wildman–Crippen LogP) is 1.33. The number of anilines is 1. The minimum Gasteiger partial charge on any atom is -0.368 e. The van der Waals surface area contributed by atoms with Gasteiger partial charge in [0.2, 0.25) is 15.9 Å². The normalized spacial score (nSPS) is 23.0. The molecule has 176 valence electrons. The largest absolute Gasteiger partial charge is 0.368 e. The number of nitrogens with one attached hydrogen (secondary N) is 2. The van der Waals surface area contributed by atoms with Crippen LogP contribution in [0.3, 0.4) is 0 Å². The summed E-state index contributed by atoms with van der Waals surface area (Å²) in [6.45, 7) is 1.89. The van der Waals surface area contributed by atoms with Crippen LogP contribution in [0, 0.1) is 6.92 Å². The number of hydrogen-bond donors (Lipinski definition) is 3. The number of amides is 3. The molecule has 13 heteroatoms. The summed E-state index contributed by atoms with van der Waals surface area (Å²) in [7, 11) is -3.45. The van der Waals surface area contributed by atoms with E-state index in [4.69, 9.17) is 5.73 Å². The number of hydrogen-bond acceptors (Lipinski definition) is 8. The van der Waals surface area contributed by atoms with Crippen LogP contribution < -0.4 is 15.8 Å². The van der Waals surface area contributed by atoms with Crippen molar-refractivity contribution in [2.75, 3.05) is 11.9 Å². The van der Waals surface area contributed by atoms with Crippen molar-refractivity contribution in [1.29, 1.82) is 0 Å². The molecule has 2 aromatic heterocycles. The van der Waals surface area contributed by atoms with Gasteiger partial charge in [-0.25, -0.2) is 32.9 Å². The minimum absolute atomic E-state index is 0.0548. The molecular formula is C20H25N7O4S2. The summed E-state index contributed by atoms with van der Waals surface area (Å²) in [5.74, 6) is 0.568. The first-order chi connectivity index (χ1) is 15.7. The summed E-state index contributed by atoms with van der Waals surface area (Å²) in [4.78, 5) is 40.5. The number of thiazole rings is 1. The molecule has 2 saturated carbocycles. The van der Waals surface area contributed by atoms with Gasteiger partial charge in [0, 0.05) is 24.7 Å². The van der Waals surface area contributed by atoms with E-state index in [9.17, 15) is 18.0 Å². The number of likely N-dealkylation sites (tertiary alicyclic amines) is 1. The first-order valence-electron chi connectivity index (χ1n) is 10.9. The average molecular weight is 492 g/mol. The van der Waals surface area contributed by atoms with Crippen LogP contribution >= 0.6 is 11.3 Å². The molecule has 3 heterocycles. The van der Waals surface area contributed by atoms with Crippen LogP contribution in [0.1, 0.15) is 49.5 Å². The highest BCUT2D eigenvalue weighted by molar-refractivity contribution is 7.90. The number of carbonyl (C=O) groups is 2. The molecule has 0 aromatic carbocycles. The first kappa shape index (κ1) is 22.2. The molecule has 3 amide bonds. The Morgan fingerprint density at radius 1 is 1.21 bits per heavy atom. The van der Waals surface area contributed by atoms with E-state index in [-0.39, 0.29) is 18.2 Å². The molecule has 0 radical (unpaired) electrons. The maximum atomic E-state index is 13.0. The van der Waals surface area contributed by atoms with Crippen LogP contribution in [0.4, 0.5) is 9.93 Å². The van der Waals surface area contributed by atoms with E-state index in [0.717, 1.165) is 34.9 Å². The second kappa shape index (κ2) is 8.29. The first-order valence-corrected chi connectivity index (χ1v) is 13.3. The Bertz CT molecular complexity index is 1210. The molecular weight excluding hydrogens is 466 g/mol. The van der Waals surface area contributed by atoms with Crippen LogP contribution in [-0.2, 0) is 14.8 Å². The lowest BCUT2D eigenvalue weighted by Gasteiger charge is -2.21. The molecule has 33 heavy (non-hydrogen) atoms. The Balaban J connectivity index is 1.30. The van der Waals surface area contributed by atoms with Gasteiger partial charge in [0.15, 0.2) is 5.13 Å². The fourth-order valence-electron chi connectivity index (χ4n) is 4.01. The Morgan fingerprint density at radius 2 is 1.97 bits per heavy atom. The SMILES string of the molecule is Cc1nc(NC(=O)N2C[C@H](NS(=O)(=O)C3CC3)C[C@H]2C(N)=O)sc1-c1ccnc(C2CC2)n1. The van der Waals surface area contributed by atoms with Gasteiger partial charge in [-0.3, -0.25) is 10.1 Å². The van der Waals surface area contributed by atoms with E-state index in [2.05, 4.69) is 25.0 Å². The number of aryl methyl sites for hydroxylation is 1. The van der Waals surface area contributed by atoms with Crippen molar-refractivity contribution in [3.63, 3.8) is 0 Å².